The standard InChI is InChI=1S/C13H14N4S/c1-8-4-13(12(5-14)9(2)16-8)15-6-11-7-18-10(3)17-11/h4,7H,6H2,1-3H3,(H,15,16). The molecule has 0 saturated carbocycles. The van der Waals surface area contributed by atoms with Crippen LogP contribution in [0.5, 0.6) is 0 Å². The number of thiazole rings is 1. The monoisotopic (exact) mass is 258 g/mol. The van der Waals surface area contributed by atoms with E-state index in [9.17, 15) is 0 Å². The van der Waals surface area contributed by atoms with E-state index >= 15 is 0 Å². The van der Waals surface area contributed by atoms with Gasteiger partial charge in [-0.2, -0.15) is 5.26 Å². The number of nitrogens with one attached hydrogen (secondary N) is 1. The summed E-state index contributed by atoms with van der Waals surface area (Å²) in [7, 11) is 0. The molecule has 92 valence electrons. The summed E-state index contributed by atoms with van der Waals surface area (Å²) in [6, 6.07) is 4.08. The van der Waals surface area contributed by atoms with E-state index < -0.39 is 0 Å². The third-order valence-electron chi connectivity index (χ3n) is 2.57. The Kier molecular flexibility index (Phi) is 3.58. The molecule has 18 heavy (non-hydrogen) atoms. The summed E-state index contributed by atoms with van der Waals surface area (Å²) in [5, 5.41) is 15.5. The second kappa shape index (κ2) is 5.15. The molecule has 2 aromatic rings. The second-order valence-corrected chi connectivity index (χ2v) is 5.16. The lowest BCUT2D eigenvalue weighted by molar-refractivity contribution is 1.04. The molecule has 0 saturated heterocycles. The molecule has 0 radical (unpaired) electrons. The van der Waals surface area contributed by atoms with E-state index in [0.717, 1.165) is 27.8 Å². The van der Waals surface area contributed by atoms with Gasteiger partial charge < -0.3 is 5.32 Å². The van der Waals surface area contributed by atoms with Gasteiger partial charge in [0, 0.05) is 11.1 Å². The van der Waals surface area contributed by atoms with Gasteiger partial charge in [0.15, 0.2) is 0 Å². The van der Waals surface area contributed by atoms with Crippen LogP contribution in [0, 0.1) is 32.1 Å². The van der Waals surface area contributed by atoms with E-state index in [4.69, 9.17) is 5.26 Å². The van der Waals surface area contributed by atoms with Crippen molar-refractivity contribution in [1.29, 1.82) is 5.26 Å². The summed E-state index contributed by atoms with van der Waals surface area (Å²) in [6.45, 7) is 6.38. The van der Waals surface area contributed by atoms with Crippen LogP contribution in [0.1, 0.15) is 27.7 Å². The highest BCUT2D eigenvalue weighted by atomic mass is 32.1. The van der Waals surface area contributed by atoms with Crippen LogP contribution >= 0.6 is 11.3 Å². The zero-order valence-electron chi connectivity index (χ0n) is 10.6. The molecule has 1 N–H and O–H groups in total. The number of pyridine rings is 1. The Hall–Kier alpha value is -1.93. The molecular formula is C13H14N4S. The molecule has 0 aliphatic carbocycles. The smallest absolute Gasteiger partial charge is 0.103 e. The van der Waals surface area contributed by atoms with Gasteiger partial charge in [-0.15, -0.1) is 11.3 Å². The predicted molar refractivity (Wildman–Crippen MR) is 72.6 cm³/mol. The van der Waals surface area contributed by atoms with Gasteiger partial charge in [-0.1, -0.05) is 0 Å². The molecule has 2 aromatic heterocycles. The van der Waals surface area contributed by atoms with Crippen molar-refractivity contribution in [3.63, 3.8) is 0 Å². The fourth-order valence-corrected chi connectivity index (χ4v) is 2.40. The molecule has 2 heterocycles. The van der Waals surface area contributed by atoms with Gasteiger partial charge in [-0.05, 0) is 26.8 Å². The average Bonchev–Trinajstić information content (AvgIpc) is 2.72. The van der Waals surface area contributed by atoms with Crippen LogP contribution in [0.15, 0.2) is 11.4 Å². The topological polar surface area (TPSA) is 61.6 Å². The normalized spacial score (nSPS) is 10.1. The molecule has 5 heteroatoms. The number of nitriles is 1. The highest BCUT2D eigenvalue weighted by Crippen LogP contribution is 2.19. The Balaban J connectivity index is 2.21. The Labute approximate surface area is 110 Å². The molecular weight excluding hydrogens is 244 g/mol. The highest BCUT2D eigenvalue weighted by Gasteiger charge is 2.08. The zero-order chi connectivity index (χ0) is 13.1. The SMILES string of the molecule is Cc1cc(NCc2csc(C)n2)c(C#N)c(C)n1. The first kappa shape index (κ1) is 12.5. The minimum atomic E-state index is 0.604. The molecule has 0 fully saturated rings. The van der Waals surface area contributed by atoms with E-state index in [-0.39, 0.29) is 0 Å². The van der Waals surface area contributed by atoms with Crippen LogP contribution in [0.2, 0.25) is 0 Å². The Morgan fingerprint density at radius 3 is 2.72 bits per heavy atom. The van der Waals surface area contributed by atoms with E-state index in [1.54, 1.807) is 11.3 Å². The lowest BCUT2D eigenvalue weighted by atomic mass is 10.1. The van der Waals surface area contributed by atoms with Crippen LogP contribution in [0.4, 0.5) is 5.69 Å². The van der Waals surface area contributed by atoms with Crippen LogP contribution in [-0.4, -0.2) is 9.97 Å². The number of anilines is 1. The first-order chi connectivity index (χ1) is 8.60. The Morgan fingerprint density at radius 1 is 1.33 bits per heavy atom. The van der Waals surface area contributed by atoms with Crippen molar-refractivity contribution in [2.75, 3.05) is 5.32 Å². The lowest BCUT2D eigenvalue weighted by Gasteiger charge is -2.09. The predicted octanol–water partition coefficient (Wildman–Crippen LogP) is 2.95. The van der Waals surface area contributed by atoms with Gasteiger partial charge in [-0.25, -0.2) is 4.98 Å². The summed E-state index contributed by atoms with van der Waals surface area (Å²) < 4.78 is 0. The van der Waals surface area contributed by atoms with Crippen LogP contribution in [0.25, 0.3) is 0 Å². The van der Waals surface area contributed by atoms with Gasteiger partial charge in [-0.3, -0.25) is 4.98 Å². The number of nitrogens with zero attached hydrogens (tertiary/aromatic N) is 3. The van der Waals surface area contributed by atoms with Crippen LogP contribution in [0.3, 0.4) is 0 Å². The van der Waals surface area contributed by atoms with Crippen molar-refractivity contribution in [1.82, 2.24) is 9.97 Å². The number of aryl methyl sites for hydroxylation is 3. The summed E-state index contributed by atoms with van der Waals surface area (Å²) >= 11 is 1.63. The number of hydrogen-bond donors (Lipinski definition) is 1. The first-order valence-corrected chi connectivity index (χ1v) is 6.51. The minimum Gasteiger partial charge on any atom is -0.378 e. The van der Waals surface area contributed by atoms with Crippen molar-refractivity contribution in [2.45, 2.75) is 27.3 Å². The zero-order valence-corrected chi connectivity index (χ0v) is 11.4. The molecule has 0 spiro atoms. The highest BCUT2D eigenvalue weighted by molar-refractivity contribution is 7.09. The number of rotatable bonds is 3. The number of hydrogen-bond acceptors (Lipinski definition) is 5. The molecule has 0 amide bonds. The van der Waals surface area contributed by atoms with Crippen molar-refractivity contribution in [3.05, 3.63) is 39.1 Å². The first-order valence-electron chi connectivity index (χ1n) is 5.63. The van der Waals surface area contributed by atoms with E-state index in [0.29, 0.717) is 12.1 Å². The quantitative estimate of drug-likeness (QED) is 0.919. The molecule has 4 nitrogen and oxygen atoms in total. The van der Waals surface area contributed by atoms with E-state index in [1.165, 1.54) is 0 Å². The molecule has 0 atom stereocenters. The average molecular weight is 258 g/mol. The minimum absolute atomic E-state index is 0.604. The second-order valence-electron chi connectivity index (χ2n) is 4.09. The van der Waals surface area contributed by atoms with Gasteiger partial charge in [0.1, 0.15) is 6.07 Å². The fourth-order valence-electron chi connectivity index (χ4n) is 1.78. The Morgan fingerprint density at radius 2 is 2.11 bits per heavy atom. The number of aromatic nitrogens is 2. The maximum absolute atomic E-state index is 9.15. The summed E-state index contributed by atoms with van der Waals surface area (Å²) in [5.41, 5.74) is 4.09. The van der Waals surface area contributed by atoms with Gasteiger partial charge in [0.25, 0.3) is 0 Å². The summed E-state index contributed by atoms with van der Waals surface area (Å²) in [5.74, 6) is 0. The van der Waals surface area contributed by atoms with Crippen molar-refractivity contribution < 1.29 is 0 Å². The van der Waals surface area contributed by atoms with E-state index in [2.05, 4.69) is 21.4 Å². The molecule has 0 aliphatic rings. The van der Waals surface area contributed by atoms with Crippen molar-refractivity contribution in [3.8, 4) is 6.07 Å². The van der Waals surface area contributed by atoms with Gasteiger partial charge in [0.2, 0.25) is 0 Å². The van der Waals surface area contributed by atoms with Crippen LogP contribution < -0.4 is 5.32 Å². The third kappa shape index (κ3) is 2.66. The molecule has 0 aliphatic heterocycles. The summed E-state index contributed by atoms with van der Waals surface area (Å²) in [4.78, 5) is 8.67. The maximum atomic E-state index is 9.15. The van der Waals surface area contributed by atoms with Gasteiger partial charge >= 0.3 is 0 Å². The molecule has 2 rings (SSSR count). The maximum Gasteiger partial charge on any atom is 0.103 e. The largest absolute Gasteiger partial charge is 0.378 e. The molecule has 0 bridgehead atoms. The Bertz CT molecular complexity index is 610. The third-order valence-corrected chi connectivity index (χ3v) is 3.39. The lowest BCUT2D eigenvalue weighted by Crippen LogP contribution is -2.04. The van der Waals surface area contributed by atoms with Crippen molar-refractivity contribution >= 4 is 17.0 Å². The molecule has 0 unspecified atom stereocenters. The van der Waals surface area contributed by atoms with E-state index in [1.807, 2.05) is 32.2 Å². The van der Waals surface area contributed by atoms with Gasteiger partial charge in [0.05, 0.1) is 34.2 Å². The van der Waals surface area contributed by atoms with Crippen LogP contribution in [-0.2, 0) is 6.54 Å². The fraction of sp³-hybridized carbons (Fsp3) is 0.308. The molecule has 0 aromatic carbocycles. The van der Waals surface area contributed by atoms with Crippen molar-refractivity contribution in [2.24, 2.45) is 0 Å². The summed E-state index contributed by atoms with van der Waals surface area (Å²) in [6.07, 6.45) is 0.